The molecule has 0 atom stereocenters. The normalized spacial score (nSPS) is 11.1. The molecule has 4 rings (SSSR count). The van der Waals surface area contributed by atoms with Crippen LogP contribution in [0.2, 0.25) is 0 Å². The van der Waals surface area contributed by atoms with Gasteiger partial charge in [0.15, 0.2) is 20.7 Å². The molecule has 13 heteroatoms. The highest BCUT2D eigenvalue weighted by molar-refractivity contribution is 8.01. The van der Waals surface area contributed by atoms with E-state index in [1.165, 1.54) is 34.7 Å². The van der Waals surface area contributed by atoms with Crippen molar-refractivity contribution < 1.29 is 9.53 Å². The van der Waals surface area contributed by atoms with Crippen molar-refractivity contribution in [3.05, 3.63) is 50.7 Å². The number of benzene rings is 1. The fraction of sp³-hybridized carbons (Fsp3) is 0.263. The second-order valence-electron chi connectivity index (χ2n) is 6.69. The van der Waals surface area contributed by atoms with Crippen molar-refractivity contribution in [2.24, 2.45) is 21.1 Å². The first-order valence-corrected chi connectivity index (χ1v) is 11.1. The summed E-state index contributed by atoms with van der Waals surface area (Å²) >= 11 is 2.35. The van der Waals surface area contributed by atoms with Crippen LogP contribution >= 0.6 is 23.1 Å². The molecule has 0 aliphatic rings. The topological polar surface area (TPSA) is 126 Å². The number of rotatable bonds is 6. The highest BCUT2D eigenvalue weighted by Gasteiger charge is 2.20. The fourth-order valence-electron chi connectivity index (χ4n) is 3.13. The van der Waals surface area contributed by atoms with Gasteiger partial charge < -0.3 is 9.30 Å². The monoisotopic (exact) mass is 473 g/mol. The van der Waals surface area contributed by atoms with Gasteiger partial charge in [-0.05, 0) is 30.8 Å². The minimum Gasteiger partial charge on any atom is -0.493 e. The zero-order valence-electron chi connectivity index (χ0n) is 17.6. The smallest absolute Gasteiger partial charge is 0.332 e. The lowest BCUT2D eigenvalue weighted by Gasteiger charge is -2.08. The van der Waals surface area contributed by atoms with E-state index in [9.17, 15) is 14.4 Å². The van der Waals surface area contributed by atoms with Gasteiger partial charge in [-0.25, -0.2) is 9.78 Å². The number of ether oxygens (including phenoxy) is 1. The zero-order chi connectivity index (χ0) is 23.0. The highest BCUT2D eigenvalue weighted by atomic mass is 32.2. The van der Waals surface area contributed by atoms with E-state index in [-0.39, 0.29) is 11.4 Å². The molecule has 0 saturated heterocycles. The van der Waals surface area contributed by atoms with Gasteiger partial charge in [-0.3, -0.25) is 24.0 Å². The summed E-state index contributed by atoms with van der Waals surface area (Å²) in [6.07, 6.45) is 0. The third-order valence-corrected chi connectivity index (χ3v) is 6.60. The van der Waals surface area contributed by atoms with E-state index in [0.29, 0.717) is 38.2 Å². The van der Waals surface area contributed by atoms with Gasteiger partial charge in [0.2, 0.25) is 5.13 Å². The first-order valence-electron chi connectivity index (χ1n) is 9.48. The Labute approximate surface area is 189 Å². The Morgan fingerprint density at radius 3 is 2.62 bits per heavy atom. The Bertz CT molecular complexity index is 1450. The summed E-state index contributed by atoms with van der Waals surface area (Å²) in [6.45, 7) is 2.29. The lowest BCUT2D eigenvalue weighted by molar-refractivity contribution is 0.102. The first-order chi connectivity index (χ1) is 15.3. The number of aryl methyl sites for hydroxylation is 2. The van der Waals surface area contributed by atoms with Crippen molar-refractivity contribution in [3.63, 3.8) is 0 Å². The Morgan fingerprint density at radius 2 is 1.88 bits per heavy atom. The Balaban J connectivity index is 1.59. The summed E-state index contributed by atoms with van der Waals surface area (Å²) in [7, 11) is 4.71. The summed E-state index contributed by atoms with van der Waals surface area (Å²) < 4.78 is 10.1. The standard InChI is InChI=1S/C19H19N7O4S2/c1-5-30-11-9-7-6-8-10(11)13(27)21-16-22-23-18(31-16)32-17-20-12-14(24(17)2)25(3)19(29)26(4)15(12)28/h6-9H,5H2,1-4H3,(H,21,22,27). The van der Waals surface area contributed by atoms with Crippen molar-refractivity contribution >= 4 is 45.3 Å². The van der Waals surface area contributed by atoms with Gasteiger partial charge in [0.1, 0.15) is 5.75 Å². The highest BCUT2D eigenvalue weighted by Crippen LogP contribution is 2.32. The van der Waals surface area contributed by atoms with Crippen LogP contribution in [0, 0.1) is 0 Å². The van der Waals surface area contributed by atoms with Gasteiger partial charge in [0, 0.05) is 21.1 Å². The molecule has 1 aromatic carbocycles. The van der Waals surface area contributed by atoms with E-state index < -0.39 is 11.2 Å². The van der Waals surface area contributed by atoms with Crippen molar-refractivity contribution in [2.75, 3.05) is 11.9 Å². The van der Waals surface area contributed by atoms with Crippen LogP contribution in [-0.4, -0.2) is 41.4 Å². The van der Waals surface area contributed by atoms with E-state index in [1.807, 2.05) is 6.92 Å². The molecule has 1 N–H and O–H groups in total. The number of imidazole rings is 1. The number of carbonyl (C=O) groups is 1. The van der Waals surface area contributed by atoms with Gasteiger partial charge >= 0.3 is 5.69 Å². The van der Waals surface area contributed by atoms with Crippen molar-refractivity contribution in [1.29, 1.82) is 0 Å². The summed E-state index contributed by atoms with van der Waals surface area (Å²) in [5, 5.41) is 11.6. The molecule has 0 radical (unpaired) electrons. The van der Waals surface area contributed by atoms with Crippen molar-refractivity contribution in [3.8, 4) is 5.75 Å². The molecule has 0 saturated carbocycles. The maximum absolute atomic E-state index is 12.6. The van der Waals surface area contributed by atoms with E-state index in [0.717, 1.165) is 4.57 Å². The van der Waals surface area contributed by atoms with E-state index in [4.69, 9.17) is 4.74 Å². The molecule has 0 bridgehead atoms. The minimum absolute atomic E-state index is 0.185. The number of carbonyl (C=O) groups excluding carboxylic acids is 1. The molecule has 1 amide bonds. The van der Waals surface area contributed by atoms with Gasteiger partial charge in [-0.15, -0.1) is 10.2 Å². The van der Waals surface area contributed by atoms with E-state index >= 15 is 0 Å². The number of para-hydroxylation sites is 1. The molecule has 4 aromatic rings. The number of fused-ring (bicyclic) bond motifs is 1. The number of aromatic nitrogens is 6. The van der Waals surface area contributed by atoms with Gasteiger partial charge in [0.05, 0.1) is 12.2 Å². The van der Waals surface area contributed by atoms with Crippen molar-refractivity contribution in [1.82, 2.24) is 28.9 Å². The SMILES string of the molecule is CCOc1ccccc1C(=O)Nc1nnc(Sc2nc3c(=O)n(C)c(=O)n(C)c3n2C)s1. The number of nitrogens with one attached hydrogen (secondary N) is 1. The summed E-state index contributed by atoms with van der Waals surface area (Å²) in [6, 6.07) is 6.94. The second kappa shape index (κ2) is 8.59. The number of hydrogen-bond acceptors (Lipinski definition) is 9. The van der Waals surface area contributed by atoms with Crippen molar-refractivity contribution in [2.45, 2.75) is 16.4 Å². The molecule has 3 aromatic heterocycles. The third-order valence-electron chi connectivity index (χ3n) is 4.66. The van der Waals surface area contributed by atoms with Crippen LogP contribution < -0.4 is 21.3 Å². The number of amides is 1. The van der Waals surface area contributed by atoms with Crippen LogP contribution in [-0.2, 0) is 21.1 Å². The van der Waals surface area contributed by atoms with E-state index in [1.54, 1.807) is 42.9 Å². The van der Waals surface area contributed by atoms with Crippen LogP contribution in [0.25, 0.3) is 11.2 Å². The lowest BCUT2D eigenvalue weighted by atomic mass is 10.2. The van der Waals surface area contributed by atoms with Crippen LogP contribution in [0.3, 0.4) is 0 Å². The summed E-state index contributed by atoms with van der Waals surface area (Å²) in [5.41, 5.74) is 0.0845. The van der Waals surface area contributed by atoms with Gasteiger partial charge in [0.25, 0.3) is 11.5 Å². The molecule has 0 spiro atoms. The van der Waals surface area contributed by atoms with Gasteiger partial charge in [-0.1, -0.05) is 23.5 Å². The lowest BCUT2D eigenvalue weighted by Crippen LogP contribution is -2.37. The largest absolute Gasteiger partial charge is 0.493 e. The second-order valence-corrected chi connectivity index (χ2v) is 8.88. The number of anilines is 1. The quantitative estimate of drug-likeness (QED) is 0.419. The maximum Gasteiger partial charge on any atom is 0.332 e. The summed E-state index contributed by atoms with van der Waals surface area (Å²) in [4.78, 5) is 41.7. The Hall–Kier alpha value is -3.45. The molecule has 0 unspecified atom stereocenters. The minimum atomic E-state index is -0.469. The van der Waals surface area contributed by atoms with Crippen LogP contribution in [0.1, 0.15) is 17.3 Å². The third kappa shape index (κ3) is 3.80. The first kappa shape index (κ1) is 21.8. The zero-order valence-corrected chi connectivity index (χ0v) is 19.3. The average Bonchev–Trinajstić information content (AvgIpc) is 3.35. The van der Waals surface area contributed by atoms with Crippen LogP contribution in [0.4, 0.5) is 5.13 Å². The Morgan fingerprint density at radius 1 is 1.12 bits per heavy atom. The number of nitrogens with zero attached hydrogens (tertiary/aromatic N) is 6. The van der Waals surface area contributed by atoms with E-state index in [2.05, 4.69) is 20.5 Å². The molecule has 0 fully saturated rings. The fourth-order valence-corrected chi connectivity index (χ4v) is 4.83. The molecule has 0 aliphatic carbocycles. The summed E-state index contributed by atoms with van der Waals surface area (Å²) in [5.74, 6) is 0.126. The predicted molar refractivity (Wildman–Crippen MR) is 121 cm³/mol. The molecule has 11 nitrogen and oxygen atoms in total. The Kier molecular flexibility index (Phi) is 5.84. The van der Waals surface area contributed by atoms with Crippen LogP contribution in [0.5, 0.6) is 5.75 Å². The maximum atomic E-state index is 12.6. The molecule has 3 heterocycles. The predicted octanol–water partition coefficient (Wildman–Crippen LogP) is 1.62. The molecule has 166 valence electrons. The molecule has 32 heavy (non-hydrogen) atoms. The molecular weight excluding hydrogens is 454 g/mol. The average molecular weight is 474 g/mol. The molecular formula is C19H19N7O4S2. The molecule has 0 aliphatic heterocycles. The van der Waals surface area contributed by atoms with Crippen LogP contribution in [0.15, 0.2) is 43.4 Å². The van der Waals surface area contributed by atoms with Gasteiger partial charge in [-0.2, -0.15) is 0 Å². The number of hydrogen-bond donors (Lipinski definition) is 1.